The van der Waals surface area contributed by atoms with Crippen molar-refractivity contribution in [3.8, 4) is 0 Å². The monoisotopic (exact) mass is 613 g/mol. The van der Waals surface area contributed by atoms with Gasteiger partial charge in [0.1, 0.15) is 12.6 Å². The molecule has 0 saturated carbocycles. The molecule has 208 valence electrons. The summed E-state index contributed by atoms with van der Waals surface area (Å²) in [5.74, 6) is -0.793. The lowest BCUT2D eigenvalue weighted by molar-refractivity contribution is -0.139. The minimum absolute atomic E-state index is 0.0935. The van der Waals surface area contributed by atoms with Crippen LogP contribution in [0.15, 0.2) is 82.2 Å². The smallest absolute Gasteiger partial charge is 0.264 e. The number of hydrogen-bond acceptors (Lipinski definition) is 4. The fourth-order valence-electron chi connectivity index (χ4n) is 4.22. The van der Waals surface area contributed by atoms with Gasteiger partial charge in [-0.25, -0.2) is 8.42 Å². The van der Waals surface area contributed by atoms with Crippen molar-refractivity contribution in [1.82, 2.24) is 10.2 Å². The lowest BCUT2D eigenvalue weighted by atomic mass is 10.1. The summed E-state index contributed by atoms with van der Waals surface area (Å²) in [4.78, 5) is 28.6. The van der Waals surface area contributed by atoms with Crippen LogP contribution in [0.1, 0.15) is 44.4 Å². The van der Waals surface area contributed by atoms with Gasteiger partial charge in [-0.05, 0) is 75.6 Å². The lowest BCUT2D eigenvalue weighted by Gasteiger charge is -2.33. The molecule has 2 amide bonds. The van der Waals surface area contributed by atoms with E-state index in [1.54, 1.807) is 43.3 Å². The van der Waals surface area contributed by atoms with Crippen LogP contribution in [0.25, 0.3) is 0 Å². The van der Waals surface area contributed by atoms with Gasteiger partial charge in [-0.3, -0.25) is 13.9 Å². The largest absolute Gasteiger partial charge is 0.352 e. The highest BCUT2D eigenvalue weighted by atomic mass is 79.9. The molecule has 0 fully saturated rings. The van der Waals surface area contributed by atoms with Gasteiger partial charge in [-0.1, -0.05) is 70.9 Å². The molecule has 0 aromatic heterocycles. The van der Waals surface area contributed by atoms with E-state index in [0.29, 0.717) is 12.1 Å². The number of sulfonamides is 1. The maximum Gasteiger partial charge on any atom is 0.264 e. The number of para-hydroxylation sites is 1. The van der Waals surface area contributed by atoms with Gasteiger partial charge in [0, 0.05) is 17.1 Å². The standard InChI is InChI=1S/C30H36BrN3O4S/c1-6-25-11-7-8-13-28(25)34(39(37,38)27-16-14-22(4)15-17-27)20-29(35)33(23(5)30(36)32-21(2)3)19-24-10-9-12-26(31)18-24/h7-18,21,23H,6,19-20H2,1-5H3,(H,32,36)/t23-/m0/s1. The van der Waals surface area contributed by atoms with Crippen LogP contribution < -0.4 is 9.62 Å². The quantitative estimate of drug-likeness (QED) is 0.311. The molecule has 0 aliphatic carbocycles. The number of carbonyl (C=O) groups is 2. The van der Waals surface area contributed by atoms with E-state index in [4.69, 9.17) is 0 Å². The minimum atomic E-state index is -4.10. The van der Waals surface area contributed by atoms with Crippen LogP contribution in [0, 0.1) is 6.92 Å². The summed E-state index contributed by atoms with van der Waals surface area (Å²) >= 11 is 3.46. The summed E-state index contributed by atoms with van der Waals surface area (Å²) in [6.07, 6.45) is 0.583. The van der Waals surface area contributed by atoms with E-state index in [9.17, 15) is 18.0 Å². The summed E-state index contributed by atoms with van der Waals surface area (Å²) in [5.41, 5.74) is 2.97. The third-order valence-electron chi connectivity index (χ3n) is 6.37. The Morgan fingerprint density at radius 1 is 0.949 bits per heavy atom. The van der Waals surface area contributed by atoms with Crippen molar-refractivity contribution in [3.63, 3.8) is 0 Å². The Bertz CT molecular complexity index is 1410. The fourth-order valence-corrected chi connectivity index (χ4v) is 6.12. The van der Waals surface area contributed by atoms with Crippen LogP contribution in [0.3, 0.4) is 0 Å². The zero-order chi connectivity index (χ0) is 28.7. The van der Waals surface area contributed by atoms with Gasteiger partial charge >= 0.3 is 0 Å². The summed E-state index contributed by atoms with van der Waals surface area (Å²) in [7, 11) is -4.10. The molecule has 39 heavy (non-hydrogen) atoms. The van der Waals surface area contributed by atoms with Gasteiger partial charge in [-0.2, -0.15) is 0 Å². The normalized spacial score (nSPS) is 12.2. The molecule has 0 heterocycles. The second-order valence-electron chi connectivity index (χ2n) is 9.80. The first-order valence-corrected chi connectivity index (χ1v) is 15.2. The third kappa shape index (κ3) is 7.70. The lowest BCUT2D eigenvalue weighted by Crippen LogP contribution is -2.52. The third-order valence-corrected chi connectivity index (χ3v) is 8.64. The van der Waals surface area contributed by atoms with Crippen molar-refractivity contribution in [2.24, 2.45) is 0 Å². The van der Waals surface area contributed by atoms with Crippen LogP contribution >= 0.6 is 15.9 Å². The molecule has 1 atom stereocenters. The molecule has 3 rings (SSSR count). The van der Waals surface area contributed by atoms with Gasteiger partial charge in [0.05, 0.1) is 10.6 Å². The highest BCUT2D eigenvalue weighted by molar-refractivity contribution is 9.10. The average molecular weight is 615 g/mol. The molecular weight excluding hydrogens is 578 g/mol. The zero-order valence-electron chi connectivity index (χ0n) is 23.0. The molecule has 0 unspecified atom stereocenters. The van der Waals surface area contributed by atoms with E-state index in [1.807, 2.05) is 64.1 Å². The Morgan fingerprint density at radius 3 is 2.23 bits per heavy atom. The number of anilines is 1. The Kier molecular flexibility index (Phi) is 10.3. The van der Waals surface area contributed by atoms with Crippen molar-refractivity contribution >= 4 is 43.5 Å². The fraction of sp³-hybridized carbons (Fsp3) is 0.333. The van der Waals surface area contributed by atoms with E-state index >= 15 is 0 Å². The highest BCUT2D eigenvalue weighted by Crippen LogP contribution is 2.28. The number of benzene rings is 3. The first kappa shape index (κ1) is 30.4. The topological polar surface area (TPSA) is 86.8 Å². The van der Waals surface area contributed by atoms with Crippen LogP contribution in [0.5, 0.6) is 0 Å². The molecule has 0 spiro atoms. The summed E-state index contributed by atoms with van der Waals surface area (Å²) in [6, 6.07) is 20.3. The predicted molar refractivity (Wildman–Crippen MR) is 159 cm³/mol. The average Bonchev–Trinajstić information content (AvgIpc) is 2.89. The molecule has 7 nitrogen and oxygen atoms in total. The molecular formula is C30H36BrN3O4S. The van der Waals surface area contributed by atoms with Crippen molar-refractivity contribution in [1.29, 1.82) is 0 Å². The minimum Gasteiger partial charge on any atom is -0.352 e. The van der Waals surface area contributed by atoms with Gasteiger partial charge in [0.25, 0.3) is 10.0 Å². The SMILES string of the molecule is CCc1ccccc1N(CC(=O)N(Cc1cccc(Br)c1)[C@@H](C)C(=O)NC(C)C)S(=O)(=O)c1ccc(C)cc1. The maximum atomic E-state index is 14.0. The second-order valence-corrected chi connectivity index (χ2v) is 12.6. The summed E-state index contributed by atoms with van der Waals surface area (Å²) in [5, 5.41) is 2.87. The molecule has 3 aromatic carbocycles. The molecule has 0 saturated heterocycles. The number of amides is 2. The van der Waals surface area contributed by atoms with Gasteiger partial charge in [0.15, 0.2) is 0 Å². The number of rotatable bonds is 11. The Hall–Kier alpha value is -3.17. The summed E-state index contributed by atoms with van der Waals surface area (Å²) in [6.45, 7) is 8.86. The Labute approximate surface area is 240 Å². The number of halogens is 1. The number of nitrogens with one attached hydrogen (secondary N) is 1. The maximum absolute atomic E-state index is 14.0. The van der Waals surface area contributed by atoms with E-state index in [0.717, 1.165) is 21.2 Å². The number of nitrogens with zero attached hydrogens (tertiary/aromatic N) is 2. The van der Waals surface area contributed by atoms with Crippen LogP contribution in [0.4, 0.5) is 5.69 Å². The molecule has 0 aliphatic rings. The molecule has 0 aliphatic heterocycles. The van der Waals surface area contributed by atoms with Crippen LogP contribution in [-0.4, -0.2) is 43.8 Å². The molecule has 1 N–H and O–H groups in total. The van der Waals surface area contributed by atoms with E-state index in [-0.39, 0.29) is 23.4 Å². The zero-order valence-corrected chi connectivity index (χ0v) is 25.4. The number of hydrogen-bond donors (Lipinski definition) is 1. The van der Waals surface area contributed by atoms with Gasteiger partial charge < -0.3 is 10.2 Å². The Balaban J connectivity index is 2.07. The number of aryl methyl sites for hydroxylation is 2. The highest BCUT2D eigenvalue weighted by Gasteiger charge is 2.33. The van der Waals surface area contributed by atoms with Gasteiger partial charge in [-0.15, -0.1) is 0 Å². The van der Waals surface area contributed by atoms with E-state index < -0.39 is 28.5 Å². The van der Waals surface area contributed by atoms with Crippen LogP contribution in [0.2, 0.25) is 0 Å². The first-order valence-electron chi connectivity index (χ1n) is 13.0. The first-order chi connectivity index (χ1) is 18.4. The van der Waals surface area contributed by atoms with Crippen molar-refractivity contribution in [2.45, 2.75) is 64.6 Å². The van der Waals surface area contributed by atoms with E-state index in [1.165, 1.54) is 9.21 Å². The molecule has 3 aromatic rings. The van der Waals surface area contributed by atoms with E-state index in [2.05, 4.69) is 21.2 Å². The van der Waals surface area contributed by atoms with Gasteiger partial charge in [0.2, 0.25) is 11.8 Å². The Morgan fingerprint density at radius 2 is 1.62 bits per heavy atom. The van der Waals surface area contributed by atoms with Crippen molar-refractivity contribution < 1.29 is 18.0 Å². The number of carbonyl (C=O) groups excluding carboxylic acids is 2. The van der Waals surface area contributed by atoms with Crippen molar-refractivity contribution in [2.75, 3.05) is 10.8 Å². The second kappa shape index (κ2) is 13.3. The van der Waals surface area contributed by atoms with Crippen molar-refractivity contribution in [3.05, 3.63) is 94.0 Å². The molecule has 0 radical (unpaired) electrons. The summed E-state index contributed by atoms with van der Waals surface area (Å²) < 4.78 is 30.0. The van der Waals surface area contributed by atoms with Crippen LogP contribution in [-0.2, 0) is 32.6 Å². The molecule has 0 bridgehead atoms. The predicted octanol–water partition coefficient (Wildman–Crippen LogP) is 5.46. The molecule has 9 heteroatoms.